The van der Waals surface area contributed by atoms with E-state index >= 15 is 0 Å². The first-order valence-corrected chi connectivity index (χ1v) is 10.5. The molecule has 1 aromatic carbocycles. The molecule has 8 heteroatoms. The van der Waals surface area contributed by atoms with E-state index in [2.05, 4.69) is 32.7 Å². The number of benzene rings is 1. The normalized spacial score (nSPS) is 18.4. The lowest BCUT2D eigenvalue weighted by atomic mass is 10.0. The molecule has 1 amide bonds. The van der Waals surface area contributed by atoms with Crippen LogP contribution in [0.3, 0.4) is 0 Å². The van der Waals surface area contributed by atoms with Gasteiger partial charge in [0.25, 0.3) is 0 Å². The molecule has 3 rings (SSSR count). The smallest absolute Gasteiger partial charge is 0.245 e. The fourth-order valence-corrected chi connectivity index (χ4v) is 3.94. The van der Waals surface area contributed by atoms with Crippen LogP contribution in [-0.2, 0) is 11.2 Å². The summed E-state index contributed by atoms with van der Waals surface area (Å²) in [4.78, 5) is 15.5. The number of aromatic nitrogens is 4. The van der Waals surface area contributed by atoms with E-state index in [4.69, 9.17) is 4.74 Å². The maximum absolute atomic E-state index is 13.0. The molecule has 1 fully saturated rings. The van der Waals surface area contributed by atoms with Gasteiger partial charge in [0.05, 0.1) is 7.11 Å². The number of nitrogens with one attached hydrogen (secondary N) is 1. The molecule has 29 heavy (non-hydrogen) atoms. The van der Waals surface area contributed by atoms with Gasteiger partial charge in [0, 0.05) is 25.6 Å². The molecule has 0 aliphatic carbocycles. The minimum Gasteiger partial charge on any atom is -0.497 e. The van der Waals surface area contributed by atoms with Crippen molar-refractivity contribution in [1.82, 2.24) is 30.4 Å². The van der Waals surface area contributed by atoms with Crippen molar-refractivity contribution < 1.29 is 9.53 Å². The molecule has 1 aliphatic rings. The van der Waals surface area contributed by atoms with Gasteiger partial charge in [-0.2, -0.15) is 0 Å². The fraction of sp³-hybridized carbons (Fsp3) is 0.619. The zero-order valence-electron chi connectivity index (χ0n) is 17.7. The summed E-state index contributed by atoms with van der Waals surface area (Å²) in [6.45, 7) is 6.94. The van der Waals surface area contributed by atoms with E-state index in [0.717, 1.165) is 30.8 Å². The van der Waals surface area contributed by atoms with Gasteiger partial charge in [0.2, 0.25) is 5.91 Å². The standard InChI is InChI=1S/C21H32N6O2/c1-16-8-4-5-12-26(16)13-7-11-22-21(28)20(27-17(2)23-24-25-27)15-18-9-6-10-19(14-18)29-3/h6,9-10,14,16,20H,4-5,7-8,11-13,15H2,1-3H3,(H,22,28)/t16-,20-/m1/s1. The average Bonchev–Trinajstić information content (AvgIpc) is 3.16. The fourth-order valence-electron chi connectivity index (χ4n) is 3.94. The number of carbonyl (C=O) groups is 1. The second kappa shape index (κ2) is 10.3. The summed E-state index contributed by atoms with van der Waals surface area (Å²) < 4.78 is 6.90. The van der Waals surface area contributed by atoms with E-state index in [1.807, 2.05) is 31.2 Å². The summed E-state index contributed by atoms with van der Waals surface area (Å²) >= 11 is 0. The lowest BCUT2D eigenvalue weighted by Crippen LogP contribution is -2.40. The highest BCUT2D eigenvalue weighted by Crippen LogP contribution is 2.20. The van der Waals surface area contributed by atoms with Crippen LogP contribution in [0.25, 0.3) is 0 Å². The van der Waals surface area contributed by atoms with E-state index in [-0.39, 0.29) is 5.91 Å². The van der Waals surface area contributed by atoms with Gasteiger partial charge in [-0.1, -0.05) is 18.6 Å². The van der Waals surface area contributed by atoms with E-state index in [1.165, 1.54) is 19.3 Å². The van der Waals surface area contributed by atoms with Gasteiger partial charge in [-0.15, -0.1) is 5.10 Å². The van der Waals surface area contributed by atoms with Gasteiger partial charge < -0.3 is 15.0 Å². The topological polar surface area (TPSA) is 85.2 Å². The number of ether oxygens (including phenoxy) is 1. The number of likely N-dealkylation sites (tertiary alicyclic amines) is 1. The molecular formula is C21H32N6O2. The summed E-state index contributed by atoms with van der Waals surface area (Å²) in [6, 6.07) is 7.89. The molecule has 2 heterocycles. The van der Waals surface area contributed by atoms with Crippen molar-refractivity contribution >= 4 is 5.91 Å². The van der Waals surface area contributed by atoms with E-state index < -0.39 is 6.04 Å². The van der Waals surface area contributed by atoms with Gasteiger partial charge in [-0.05, 0) is 67.8 Å². The van der Waals surface area contributed by atoms with Crippen molar-refractivity contribution in [2.24, 2.45) is 0 Å². The molecule has 1 saturated heterocycles. The quantitative estimate of drug-likeness (QED) is 0.649. The first-order valence-electron chi connectivity index (χ1n) is 10.5. The number of aryl methyl sites for hydroxylation is 1. The molecule has 1 aliphatic heterocycles. The highest BCUT2D eigenvalue weighted by molar-refractivity contribution is 5.80. The maximum atomic E-state index is 13.0. The second-order valence-corrected chi connectivity index (χ2v) is 7.77. The van der Waals surface area contributed by atoms with Gasteiger partial charge >= 0.3 is 0 Å². The van der Waals surface area contributed by atoms with Crippen molar-refractivity contribution in [3.63, 3.8) is 0 Å². The lowest BCUT2D eigenvalue weighted by Gasteiger charge is -2.33. The van der Waals surface area contributed by atoms with Crippen molar-refractivity contribution in [1.29, 1.82) is 0 Å². The van der Waals surface area contributed by atoms with Crippen LogP contribution in [0.4, 0.5) is 0 Å². The van der Waals surface area contributed by atoms with Gasteiger partial charge in [-0.25, -0.2) is 4.68 Å². The largest absolute Gasteiger partial charge is 0.497 e. The predicted octanol–water partition coefficient (Wildman–Crippen LogP) is 2.15. The molecule has 8 nitrogen and oxygen atoms in total. The lowest BCUT2D eigenvalue weighted by molar-refractivity contribution is -0.124. The minimum atomic E-state index is -0.494. The number of nitrogens with zero attached hydrogens (tertiary/aromatic N) is 5. The molecule has 1 aromatic heterocycles. The first-order chi connectivity index (χ1) is 14.1. The van der Waals surface area contributed by atoms with E-state index in [0.29, 0.717) is 24.8 Å². The zero-order chi connectivity index (χ0) is 20.6. The molecule has 0 saturated carbocycles. The summed E-state index contributed by atoms with van der Waals surface area (Å²) in [5.74, 6) is 1.33. The molecule has 2 atom stereocenters. The van der Waals surface area contributed by atoms with Gasteiger partial charge in [-0.3, -0.25) is 4.79 Å². The monoisotopic (exact) mass is 400 g/mol. The number of rotatable bonds is 9. The van der Waals surface area contributed by atoms with Crippen LogP contribution in [-0.4, -0.2) is 63.8 Å². The molecule has 0 spiro atoms. The van der Waals surface area contributed by atoms with E-state index in [9.17, 15) is 4.79 Å². The Labute approximate surface area is 172 Å². The third-order valence-electron chi connectivity index (χ3n) is 5.68. The number of methoxy groups -OCH3 is 1. The van der Waals surface area contributed by atoms with Crippen LogP contribution in [0.5, 0.6) is 5.75 Å². The Morgan fingerprint density at radius 2 is 2.24 bits per heavy atom. The number of piperidine rings is 1. The van der Waals surface area contributed by atoms with Crippen LogP contribution in [0.1, 0.15) is 50.0 Å². The highest BCUT2D eigenvalue weighted by Gasteiger charge is 2.24. The molecule has 0 unspecified atom stereocenters. The summed E-state index contributed by atoms with van der Waals surface area (Å²) in [5, 5.41) is 14.8. The van der Waals surface area contributed by atoms with Crippen LogP contribution >= 0.6 is 0 Å². The predicted molar refractivity (Wildman–Crippen MR) is 111 cm³/mol. The SMILES string of the molecule is COc1cccc(C[C@H](C(=O)NCCCN2CCCC[C@H]2C)n2nnnc2C)c1. The highest BCUT2D eigenvalue weighted by atomic mass is 16.5. The van der Waals surface area contributed by atoms with Crippen molar-refractivity contribution in [2.45, 2.75) is 58.0 Å². The van der Waals surface area contributed by atoms with E-state index in [1.54, 1.807) is 11.8 Å². The zero-order valence-corrected chi connectivity index (χ0v) is 17.7. The number of hydrogen-bond acceptors (Lipinski definition) is 6. The van der Waals surface area contributed by atoms with Crippen LogP contribution in [0.15, 0.2) is 24.3 Å². The third-order valence-corrected chi connectivity index (χ3v) is 5.68. The molecule has 2 aromatic rings. The summed E-state index contributed by atoms with van der Waals surface area (Å²) in [5.41, 5.74) is 1.00. The van der Waals surface area contributed by atoms with Gasteiger partial charge in [0.1, 0.15) is 17.6 Å². The number of amides is 1. The molecule has 158 valence electrons. The Hall–Kier alpha value is -2.48. The summed E-state index contributed by atoms with van der Waals surface area (Å²) in [6.07, 6.45) is 5.31. The Kier molecular flexibility index (Phi) is 7.57. The Bertz CT molecular complexity index is 793. The number of hydrogen-bond donors (Lipinski definition) is 1. The Morgan fingerprint density at radius 1 is 1.38 bits per heavy atom. The molecule has 0 bridgehead atoms. The van der Waals surface area contributed by atoms with Crippen LogP contribution in [0, 0.1) is 6.92 Å². The summed E-state index contributed by atoms with van der Waals surface area (Å²) in [7, 11) is 1.64. The minimum absolute atomic E-state index is 0.0603. The van der Waals surface area contributed by atoms with Crippen LogP contribution < -0.4 is 10.1 Å². The van der Waals surface area contributed by atoms with Gasteiger partial charge in [0.15, 0.2) is 0 Å². The molecule has 1 N–H and O–H groups in total. The second-order valence-electron chi connectivity index (χ2n) is 7.77. The average molecular weight is 401 g/mol. The number of carbonyl (C=O) groups excluding carboxylic acids is 1. The first kappa shape index (κ1) is 21.2. The van der Waals surface area contributed by atoms with Crippen LogP contribution in [0.2, 0.25) is 0 Å². The molecule has 0 radical (unpaired) electrons. The Morgan fingerprint density at radius 3 is 2.97 bits per heavy atom. The third kappa shape index (κ3) is 5.76. The maximum Gasteiger partial charge on any atom is 0.245 e. The molecular weight excluding hydrogens is 368 g/mol. The van der Waals surface area contributed by atoms with Crippen molar-refractivity contribution in [3.8, 4) is 5.75 Å². The Balaban J connectivity index is 1.59. The van der Waals surface area contributed by atoms with Crippen molar-refractivity contribution in [2.75, 3.05) is 26.7 Å². The van der Waals surface area contributed by atoms with Crippen molar-refractivity contribution in [3.05, 3.63) is 35.7 Å². The number of tetrazole rings is 1.